The number of methoxy groups -OCH3 is 1. The third kappa shape index (κ3) is 4.88. The Morgan fingerprint density at radius 3 is 2.29 bits per heavy atom. The summed E-state index contributed by atoms with van der Waals surface area (Å²) in [5.41, 5.74) is 1.20. The van der Waals surface area contributed by atoms with Gasteiger partial charge in [-0.25, -0.2) is 9.59 Å². The molecule has 0 aliphatic rings. The molecule has 1 unspecified atom stereocenters. The van der Waals surface area contributed by atoms with Crippen molar-refractivity contribution in [3.05, 3.63) is 35.4 Å². The van der Waals surface area contributed by atoms with E-state index in [2.05, 4.69) is 19.8 Å². The van der Waals surface area contributed by atoms with Crippen molar-refractivity contribution >= 4 is 17.8 Å². The van der Waals surface area contributed by atoms with Gasteiger partial charge in [0, 0.05) is 6.54 Å². The number of hydrogen-bond acceptors (Lipinski definition) is 6. The summed E-state index contributed by atoms with van der Waals surface area (Å²) < 4.78 is 4.58. The lowest BCUT2D eigenvalue weighted by Crippen LogP contribution is -2.34. The Bertz CT molecular complexity index is 511. The lowest BCUT2D eigenvalue weighted by atomic mass is 10.1. The summed E-state index contributed by atoms with van der Waals surface area (Å²) in [4.78, 5) is 42.8. The zero-order chi connectivity index (χ0) is 15.8. The number of ether oxygens (including phenoxy) is 1. The quantitative estimate of drug-likeness (QED) is 0.362. The predicted molar refractivity (Wildman–Crippen MR) is 71.9 cm³/mol. The highest BCUT2D eigenvalue weighted by Crippen LogP contribution is 2.06. The van der Waals surface area contributed by atoms with Crippen LogP contribution in [0.5, 0.6) is 0 Å². The van der Waals surface area contributed by atoms with Crippen molar-refractivity contribution in [1.82, 2.24) is 5.32 Å². The number of hydrogen-bond donors (Lipinski definition) is 1. The van der Waals surface area contributed by atoms with Gasteiger partial charge in [-0.2, -0.15) is 4.89 Å². The van der Waals surface area contributed by atoms with Crippen LogP contribution in [-0.2, 0) is 30.6 Å². The van der Waals surface area contributed by atoms with Crippen LogP contribution in [0, 0.1) is 5.92 Å². The van der Waals surface area contributed by atoms with Crippen LogP contribution in [0.2, 0.25) is 0 Å². The lowest BCUT2D eigenvalue weighted by Gasteiger charge is -2.10. The second-order valence-corrected chi connectivity index (χ2v) is 4.20. The molecule has 0 saturated carbocycles. The first-order chi connectivity index (χ1) is 9.99. The number of amides is 1. The highest BCUT2D eigenvalue weighted by atomic mass is 17.2. The molecule has 0 saturated heterocycles. The number of rotatable bonds is 6. The second kappa shape index (κ2) is 8.01. The number of nitrogens with one attached hydrogen (secondary N) is 1. The minimum absolute atomic E-state index is 0.227. The monoisotopic (exact) mass is 295 g/mol. The van der Waals surface area contributed by atoms with Crippen LogP contribution in [0.3, 0.4) is 0 Å². The molecule has 1 atom stereocenters. The van der Waals surface area contributed by atoms with Crippen LogP contribution in [0.15, 0.2) is 24.3 Å². The van der Waals surface area contributed by atoms with Crippen LogP contribution in [0.25, 0.3) is 0 Å². The highest BCUT2D eigenvalue weighted by molar-refractivity contribution is 5.97. The summed E-state index contributed by atoms with van der Waals surface area (Å²) in [5.74, 6) is -2.65. The number of carbonyl (C=O) groups is 3. The van der Waals surface area contributed by atoms with E-state index in [1.807, 2.05) is 0 Å². The molecule has 114 valence electrons. The summed E-state index contributed by atoms with van der Waals surface area (Å²) in [6, 6.07) is 6.56. The fourth-order valence-corrected chi connectivity index (χ4v) is 1.48. The third-order valence-electron chi connectivity index (χ3n) is 2.75. The third-order valence-corrected chi connectivity index (χ3v) is 2.75. The molecule has 1 rings (SSSR count). The fraction of sp³-hybridized carbons (Fsp3) is 0.357. The van der Waals surface area contributed by atoms with Crippen molar-refractivity contribution < 1.29 is 28.9 Å². The van der Waals surface area contributed by atoms with E-state index in [-0.39, 0.29) is 6.54 Å². The maximum absolute atomic E-state index is 11.7. The Morgan fingerprint density at radius 2 is 1.76 bits per heavy atom. The smallest absolute Gasteiger partial charge is 0.354 e. The molecule has 0 aromatic heterocycles. The summed E-state index contributed by atoms with van der Waals surface area (Å²) in [7, 11) is 2.49. The van der Waals surface area contributed by atoms with Crippen LogP contribution >= 0.6 is 0 Å². The van der Waals surface area contributed by atoms with E-state index >= 15 is 0 Å². The molecule has 0 bridgehead atoms. The summed E-state index contributed by atoms with van der Waals surface area (Å²) in [6.45, 7) is 1.64. The SMILES string of the molecule is COOC(=O)C(C)C(=O)NCc1ccc(C(=O)OC)cc1. The van der Waals surface area contributed by atoms with E-state index < -0.39 is 23.8 Å². The van der Waals surface area contributed by atoms with Gasteiger partial charge < -0.3 is 10.1 Å². The maximum Gasteiger partial charge on any atom is 0.354 e. The Balaban J connectivity index is 2.53. The van der Waals surface area contributed by atoms with Crippen molar-refractivity contribution in [1.29, 1.82) is 0 Å². The van der Waals surface area contributed by atoms with Crippen molar-refractivity contribution in [3.8, 4) is 0 Å². The van der Waals surface area contributed by atoms with Crippen molar-refractivity contribution in [2.24, 2.45) is 5.92 Å². The topological polar surface area (TPSA) is 90.9 Å². The Labute approximate surface area is 122 Å². The first-order valence-corrected chi connectivity index (χ1v) is 6.19. The van der Waals surface area contributed by atoms with Gasteiger partial charge in [-0.1, -0.05) is 12.1 Å². The molecule has 1 amide bonds. The van der Waals surface area contributed by atoms with E-state index in [0.717, 1.165) is 5.56 Å². The van der Waals surface area contributed by atoms with Crippen LogP contribution in [0.4, 0.5) is 0 Å². The van der Waals surface area contributed by atoms with Crippen LogP contribution in [-0.4, -0.2) is 32.1 Å². The average molecular weight is 295 g/mol. The van der Waals surface area contributed by atoms with Crippen LogP contribution < -0.4 is 5.32 Å². The Kier molecular flexibility index (Phi) is 6.35. The molecule has 0 heterocycles. The minimum atomic E-state index is -0.973. The van der Waals surface area contributed by atoms with E-state index in [4.69, 9.17) is 0 Å². The first kappa shape index (κ1) is 16.6. The number of carbonyl (C=O) groups excluding carboxylic acids is 3. The zero-order valence-corrected chi connectivity index (χ0v) is 12.0. The molecule has 0 radical (unpaired) electrons. The Morgan fingerprint density at radius 1 is 1.14 bits per heavy atom. The highest BCUT2D eigenvalue weighted by Gasteiger charge is 2.23. The summed E-state index contributed by atoms with van der Waals surface area (Å²) in [5, 5.41) is 2.59. The van der Waals surface area contributed by atoms with E-state index in [1.165, 1.54) is 21.1 Å². The van der Waals surface area contributed by atoms with Gasteiger partial charge >= 0.3 is 11.9 Å². The molecular formula is C14H17NO6. The van der Waals surface area contributed by atoms with Gasteiger partial charge in [-0.05, 0) is 24.6 Å². The molecular weight excluding hydrogens is 278 g/mol. The summed E-state index contributed by atoms with van der Waals surface area (Å²) >= 11 is 0. The summed E-state index contributed by atoms with van der Waals surface area (Å²) in [6.07, 6.45) is 0. The maximum atomic E-state index is 11.7. The van der Waals surface area contributed by atoms with Crippen molar-refractivity contribution in [2.45, 2.75) is 13.5 Å². The second-order valence-electron chi connectivity index (χ2n) is 4.20. The van der Waals surface area contributed by atoms with Gasteiger partial charge in [-0.3, -0.25) is 9.68 Å². The molecule has 21 heavy (non-hydrogen) atoms. The molecule has 7 heteroatoms. The molecule has 1 aromatic rings. The van der Waals surface area contributed by atoms with E-state index in [1.54, 1.807) is 24.3 Å². The average Bonchev–Trinajstić information content (AvgIpc) is 2.51. The minimum Gasteiger partial charge on any atom is -0.465 e. The molecule has 0 spiro atoms. The van der Waals surface area contributed by atoms with Crippen molar-refractivity contribution in [3.63, 3.8) is 0 Å². The molecule has 1 N–H and O–H groups in total. The number of benzene rings is 1. The Hall–Kier alpha value is -2.41. The molecule has 0 fully saturated rings. The molecule has 0 aliphatic heterocycles. The van der Waals surface area contributed by atoms with Gasteiger partial charge in [0.2, 0.25) is 5.91 Å². The zero-order valence-electron chi connectivity index (χ0n) is 12.0. The van der Waals surface area contributed by atoms with Gasteiger partial charge in [0.1, 0.15) is 5.92 Å². The first-order valence-electron chi connectivity index (χ1n) is 6.19. The fourth-order valence-electron chi connectivity index (χ4n) is 1.48. The standard InChI is InChI=1S/C14H17NO6/c1-9(13(17)21-20-3)12(16)15-8-10-4-6-11(7-5-10)14(18)19-2/h4-7,9H,8H2,1-3H3,(H,15,16). The van der Waals surface area contributed by atoms with Crippen LogP contribution in [0.1, 0.15) is 22.8 Å². The normalized spacial score (nSPS) is 11.4. The molecule has 7 nitrogen and oxygen atoms in total. The largest absolute Gasteiger partial charge is 0.465 e. The molecule has 1 aromatic carbocycles. The van der Waals surface area contributed by atoms with Gasteiger partial charge in [-0.15, -0.1) is 0 Å². The van der Waals surface area contributed by atoms with Gasteiger partial charge in [0.05, 0.1) is 19.8 Å². The van der Waals surface area contributed by atoms with Gasteiger partial charge in [0.15, 0.2) is 0 Å². The van der Waals surface area contributed by atoms with Gasteiger partial charge in [0.25, 0.3) is 0 Å². The predicted octanol–water partition coefficient (Wildman–Crippen LogP) is 0.830. The van der Waals surface area contributed by atoms with E-state index in [9.17, 15) is 14.4 Å². The lowest BCUT2D eigenvalue weighted by molar-refractivity contribution is -0.257. The van der Waals surface area contributed by atoms with Crippen molar-refractivity contribution in [2.75, 3.05) is 14.2 Å². The molecule has 0 aliphatic carbocycles. The van der Waals surface area contributed by atoms with E-state index in [0.29, 0.717) is 5.56 Å². The number of esters is 1.